The molecule has 0 aliphatic rings. The summed E-state index contributed by atoms with van der Waals surface area (Å²) in [6.07, 6.45) is 0.456. The van der Waals surface area contributed by atoms with Gasteiger partial charge in [0.15, 0.2) is 0 Å². The second-order valence-electron chi connectivity index (χ2n) is 4.90. The Kier molecular flexibility index (Phi) is 5.61. The SMILES string of the molecule is CCCN(CC(=O)O)S(=O)(=O)c1c(C)cc([N+](=O)[O-])cc1C. The fraction of sp³-hybridized carbons (Fsp3) is 0.462. The molecule has 0 bridgehead atoms. The molecule has 1 aromatic carbocycles. The molecule has 122 valence electrons. The van der Waals surface area contributed by atoms with E-state index in [1.54, 1.807) is 6.92 Å². The maximum absolute atomic E-state index is 12.7. The van der Waals surface area contributed by atoms with E-state index in [1.165, 1.54) is 26.0 Å². The molecule has 0 saturated heterocycles. The summed E-state index contributed by atoms with van der Waals surface area (Å²) in [5.74, 6) is -1.26. The van der Waals surface area contributed by atoms with Crippen LogP contribution in [0.15, 0.2) is 17.0 Å². The largest absolute Gasteiger partial charge is 0.480 e. The van der Waals surface area contributed by atoms with Gasteiger partial charge in [0.1, 0.15) is 6.54 Å². The lowest BCUT2D eigenvalue weighted by Crippen LogP contribution is -2.37. The fourth-order valence-corrected chi connectivity index (χ4v) is 4.15. The Balaban J connectivity index is 3.43. The molecule has 0 amide bonds. The molecular formula is C13H18N2O6S. The third-order valence-corrected chi connectivity index (χ3v) is 5.19. The summed E-state index contributed by atoms with van der Waals surface area (Å²) in [6.45, 7) is 4.06. The van der Waals surface area contributed by atoms with Crippen LogP contribution in [0.3, 0.4) is 0 Å². The van der Waals surface area contributed by atoms with Gasteiger partial charge in [-0.15, -0.1) is 0 Å². The van der Waals surface area contributed by atoms with Crippen LogP contribution < -0.4 is 0 Å². The third-order valence-electron chi connectivity index (χ3n) is 3.04. The Morgan fingerprint density at radius 1 is 1.32 bits per heavy atom. The van der Waals surface area contributed by atoms with Crippen molar-refractivity contribution >= 4 is 21.7 Å². The van der Waals surface area contributed by atoms with E-state index in [1.807, 2.05) is 0 Å². The number of nitro groups is 1. The molecule has 0 heterocycles. The maximum atomic E-state index is 12.7. The van der Waals surface area contributed by atoms with Crippen LogP contribution in [0, 0.1) is 24.0 Å². The lowest BCUT2D eigenvalue weighted by molar-refractivity contribution is -0.385. The van der Waals surface area contributed by atoms with Crippen molar-refractivity contribution < 1.29 is 23.2 Å². The molecule has 0 aromatic heterocycles. The van der Waals surface area contributed by atoms with Crippen LogP contribution in [0.2, 0.25) is 0 Å². The fourth-order valence-electron chi connectivity index (χ4n) is 2.25. The van der Waals surface area contributed by atoms with Crippen molar-refractivity contribution in [2.75, 3.05) is 13.1 Å². The summed E-state index contributed by atoms with van der Waals surface area (Å²) in [4.78, 5) is 21.0. The van der Waals surface area contributed by atoms with Gasteiger partial charge in [-0.05, 0) is 31.4 Å². The van der Waals surface area contributed by atoms with Crippen LogP contribution in [-0.2, 0) is 14.8 Å². The maximum Gasteiger partial charge on any atom is 0.318 e. The van der Waals surface area contributed by atoms with Crippen molar-refractivity contribution in [2.45, 2.75) is 32.1 Å². The van der Waals surface area contributed by atoms with Gasteiger partial charge in [-0.3, -0.25) is 14.9 Å². The highest BCUT2D eigenvalue weighted by molar-refractivity contribution is 7.89. The van der Waals surface area contributed by atoms with E-state index in [4.69, 9.17) is 5.11 Å². The van der Waals surface area contributed by atoms with E-state index < -0.39 is 27.5 Å². The Bertz CT molecular complexity index is 675. The highest BCUT2D eigenvalue weighted by Crippen LogP contribution is 2.28. The number of non-ortho nitro benzene ring substituents is 1. The summed E-state index contributed by atoms with van der Waals surface area (Å²) in [6, 6.07) is 2.34. The van der Waals surface area contributed by atoms with Crippen LogP contribution >= 0.6 is 0 Å². The molecule has 8 nitrogen and oxygen atoms in total. The summed E-state index contributed by atoms with van der Waals surface area (Å²) < 4.78 is 26.2. The molecule has 9 heteroatoms. The van der Waals surface area contributed by atoms with Gasteiger partial charge in [0, 0.05) is 18.7 Å². The molecule has 0 fully saturated rings. The first-order valence-electron chi connectivity index (χ1n) is 6.58. The Morgan fingerprint density at radius 3 is 2.18 bits per heavy atom. The van der Waals surface area contributed by atoms with E-state index in [-0.39, 0.29) is 28.3 Å². The summed E-state index contributed by atoms with van der Waals surface area (Å²) >= 11 is 0. The van der Waals surface area contributed by atoms with Gasteiger partial charge >= 0.3 is 5.97 Å². The molecular weight excluding hydrogens is 312 g/mol. The summed E-state index contributed by atoms with van der Waals surface area (Å²) in [5.41, 5.74) is 0.241. The molecule has 1 aromatic rings. The highest BCUT2D eigenvalue weighted by Gasteiger charge is 2.30. The number of nitro benzene ring substituents is 1. The van der Waals surface area contributed by atoms with Gasteiger partial charge in [0.2, 0.25) is 10.0 Å². The highest BCUT2D eigenvalue weighted by atomic mass is 32.2. The number of sulfonamides is 1. The molecule has 0 radical (unpaired) electrons. The van der Waals surface area contributed by atoms with Gasteiger partial charge in [0.25, 0.3) is 5.69 Å². The van der Waals surface area contributed by atoms with E-state index in [2.05, 4.69) is 0 Å². The lowest BCUT2D eigenvalue weighted by Gasteiger charge is -2.22. The van der Waals surface area contributed by atoms with Gasteiger partial charge in [-0.2, -0.15) is 4.31 Å². The first kappa shape index (κ1) is 18.1. The topological polar surface area (TPSA) is 118 Å². The summed E-state index contributed by atoms with van der Waals surface area (Å²) in [7, 11) is -4.03. The van der Waals surface area contributed by atoms with Gasteiger partial charge in [0.05, 0.1) is 9.82 Å². The zero-order valence-corrected chi connectivity index (χ0v) is 13.4. The Hall–Kier alpha value is -2.00. The van der Waals surface area contributed by atoms with Gasteiger partial charge in [-0.1, -0.05) is 6.92 Å². The average Bonchev–Trinajstić information content (AvgIpc) is 2.36. The standard InChI is InChI=1S/C13H18N2O6S/c1-4-5-14(8-12(16)17)22(20,21)13-9(2)6-11(15(18)19)7-10(13)3/h6-7H,4-5,8H2,1-3H3,(H,16,17). The molecule has 0 atom stereocenters. The molecule has 0 saturated carbocycles. The minimum atomic E-state index is -4.03. The molecule has 1 N–H and O–H groups in total. The van der Waals surface area contributed by atoms with Crippen LogP contribution in [-0.4, -0.2) is 41.8 Å². The van der Waals surface area contributed by atoms with E-state index in [0.717, 1.165) is 4.31 Å². The van der Waals surface area contributed by atoms with Crippen molar-refractivity contribution in [3.63, 3.8) is 0 Å². The first-order chi connectivity index (χ1) is 10.1. The minimum absolute atomic E-state index is 0.0600. The zero-order chi connectivity index (χ0) is 17.1. The van der Waals surface area contributed by atoms with Crippen LogP contribution in [0.5, 0.6) is 0 Å². The van der Waals surface area contributed by atoms with Crippen molar-refractivity contribution in [2.24, 2.45) is 0 Å². The van der Waals surface area contributed by atoms with Gasteiger partial charge < -0.3 is 5.11 Å². The number of benzene rings is 1. The molecule has 1 rings (SSSR count). The van der Waals surface area contributed by atoms with Gasteiger partial charge in [-0.25, -0.2) is 8.42 Å². The number of aryl methyl sites for hydroxylation is 2. The number of rotatable bonds is 7. The average molecular weight is 330 g/mol. The normalized spacial score (nSPS) is 11.6. The second-order valence-corrected chi connectivity index (χ2v) is 6.77. The number of carbonyl (C=O) groups is 1. The predicted octanol–water partition coefficient (Wildman–Crippen LogP) is 1.70. The third kappa shape index (κ3) is 3.80. The van der Waals surface area contributed by atoms with E-state index in [9.17, 15) is 23.3 Å². The quantitative estimate of drug-likeness (QED) is 0.600. The Labute approximate surface area is 128 Å². The molecule has 0 aliphatic heterocycles. The van der Waals surface area contributed by atoms with Crippen LogP contribution in [0.1, 0.15) is 24.5 Å². The number of nitrogens with zero attached hydrogens (tertiary/aromatic N) is 2. The molecule has 0 unspecified atom stereocenters. The lowest BCUT2D eigenvalue weighted by atomic mass is 10.1. The first-order valence-corrected chi connectivity index (χ1v) is 8.02. The molecule has 22 heavy (non-hydrogen) atoms. The van der Waals surface area contributed by atoms with Crippen LogP contribution in [0.4, 0.5) is 5.69 Å². The smallest absolute Gasteiger partial charge is 0.318 e. The van der Waals surface area contributed by atoms with Crippen molar-refractivity contribution in [1.29, 1.82) is 0 Å². The second kappa shape index (κ2) is 6.84. The zero-order valence-electron chi connectivity index (χ0n) is 12.6. The predicted molar refractivity (Wildman–Crippen MR) is 79.3 cm³/mol. The monoisotopic (exact) mass is 330 g/mol. The number of hydrogen-bond donors (Lipinski definition) is 1. The van der Waals surface area contributed by atoms with E-state index in [0.29, 0.717) is 6.42 Å². The number of carboxylic acid groups (broad SMARTS) is 1. The Morgan fingerprint density at radius 2 is 1.82 bits per heavy atom. The van der Waals surface area contributed by atoms with Crippen molar-refractivity contribution in [1.82, 2.24) is 4.31 Å². The van der Waals surface area contributed by atoms with E-state index >= 15 is 0 Å². The van der Waals surface area contributed by atoms with Crippen molar-refractivity contribution in [3.05, 3.63) is 33.4 Å². The number of aliphatic carboxylic acids is 1. The molecule has 0 aliphatic carbocycles. The number of carboxylic acids is 1. The summed E-state index contributed by atoms with van der Waals surface area (Å²) in [5, 5.41) is 19.7. The number of hydrogen-bond acceptors (Lipinski definition) is 5. The van der Waals surface area contributed by atoms with Crippen molar-refractivity contribution in [3.8, 4) is 0 Å². The molecule has 0 spiro atoms. The minimum Gasteiger partial charge on any atom is -0.480 e. The van der Waals surface area contributed by atoms with Crippen LogP contribution in [0.25, 0.3) is 0 Å².